The van der Waals surface area contributed by atoms with Crippen LogP contribution in [-0.4, -0.2) is 19.2 Å². The van der Waals surface area contributed by atoms with Crippen molar-refractivity contribution >= 4 is 5.97 Å². The van der Waals surface area contributed by atoms with Gasteiger partial charge in [-0.1, -0.05) is 30.3 Å². The van der Waals surface area contributed by atoms with E-state index in [9.17, 15) is 4.79 Å². The molecular formula is C13H16O3. The molecule has 3 heteroatoms. The van der Waals surface area contributed by atoms with E-state index in [0.29, 0.717) is 19.8 Å². The summed E-state index contributed by atoms with van der Waals surface area (Å²) in [5, 5.41) is 0. The van der Waals surface area contributed by atoms with Crippen molar-refractivity contribution in [1.82, 2.24) is 0 Å². The predicted molar refractivity (Wildman–Crippen MR) is 59.8 cm³/mol. The van der Waals surface area contributed by atoms with Gasteiger partial charge in [0.1, 0.15) is 6.61 Å². The highest BCUT2D eigenvalue weighted by Gasteiger charge is 2.22. The van der Waals surface area contributed by atoms with Gasteiger partial charge in [-0.05, 0) is 18.4 Å². The SMILES string of the molecule is O=C(OCc1ccccc1)C1CCOCC1. The van der Waals surface area contributed by atoms with Crippen molar-refractivity contribution in [2.24, 2.45) is 5.92 Å². The van der Waals surface area contributed by atoms with Gasteiger partial charge in [0.25, 0.3) is 0 Å². The Balaban J connectivity index is 1.79. The van der Waals surface area contributed by atoms with Crippen molar-refractivity contribution in [3.05, 3.63) is 35.9 Å². The van der Waals surface area contributed by atoms with E-state index >= 15 is 0 Å². The molecule has 86 valence electrons. The molecule has 1 heterocycles. The fourth-order valence-corrected chi connectivity index (χ4v) is 1.78. The van der Waals surface area contributed by atoms with Gasteiger partial charge in [0, 0.05) is 13.2 Å². The minimum absolute atomic E-state index is 0.0254. The van der Waals surface area contributed by atoms with E-state index in [1.54, 1.807) is 0 Å². The van der Waals surface area contributed by atoms with E-state index in [-0.39, 0.29) is 11.9 Å². The molecule has 1 fully saturated rings. The molecule has 3 nitrogen and oxygen atoms in total. The maximum absolute atomic E-state index is 11.7. The molecule has 0 atom stereocenters. The molecule has 0 aliphatic carbocycles. The summed E-state index contributed by atoms with van der Waals surface area (Å²) < 4.78 is 10.5. The number of hydrogen-bond donors (Lipinski definition) is 0. The summed E-state index contributed by atoms with van der Waals surface area (Å²) in [5.74, 6) is -0.0652. The minimum Gasteiger partial charge on any atom is -0.461 e. The van der Waals surface area contributed by atoms with Crippen molar-refractivity contribution in [3.63, 3.8) is 0 Å². The van der Waals surface area contributed by atoms with Crippen LogP contribution in [0.15, 0.2) is 30.3 Å². The maximum atomic E-state index is 11.7. The summed E-state index contributed by atoms with van der Waals surface area (Å²) in [7, 11) is 0. The van der Waals surface area contributed by atoms with Gasteiger partial charge in [-0.3, -0.25) is 4.79 Å². The molecule has 0 N–H and O–H groups in total. The van der Waals surface area contributed by atoms with Crippen molar-refractivity contribution in [3.8, 4) is 0 Å². The van der Waals surface area contributed by atoms with E-state index in [0.717, 1.165) is 18.4 Å². The van der Waals surface area contributed by atoms with Gasteiger partial charge in [-0.2, -0.15) is 0 Å². The van der Waals surface area contributed by atoms with Crippen LogP contribution in [0.25, 0.3) is 0 Å². The Morgan fingerprint density at radius 2 is 1.94 bits per heavy atom. The van der Waals surface area contributed by atoms with Gasteiger partial charge in [0.2, 0.25) is 0 Å². The number of esters is 1. The summed E-state index contributed by atoms with van der Waals surface area (Å²) in [6, 6.07) is 9.74. The molecular weight excluding hydrogens is 204 g/mol. The molecule has 0 radical (unpaired) electrons. The lowest BCUT2D eigenvalue weighted by molar-refractivity contribution is -0.153. The fraction of sp³-hybridized carbons (Fsp3) is 0.462. The predicted octanol–water partition coefficient (Wildman–Crippen LogP) is 2.16. The van der Waals surface area contributed by atoms with Crippen molar-refractivity contribution in [2.45, 2.75) is 19.4 Å². The molecule has 0 unspecified atom stereocenters. The van der Waals surface area contributed by atoms with Crippen LogP contribution in [0.5, 0.6) is 0 Å². The first-order valence-electron chi connectivity index (χ1n) is 5.64. The number of rotatable bonds is 3. The monoisotopic (exact) mass is 220 g/mol. The quantitative estimate of drug-likeness (QED) is 0.732. The lowest BCUT2D eigenvalue weighted by atomic mass is 10.0. The Kier molecular flexibility index (Phi) is 3.94. The minimum atomic E-state index is -0.0906. The second-order valence-corrected chi connectivity index (χ2v) is 3.98. The van der Waals surface area contributed by atoms with Crippen LogP contribution in [0.3, 0.4) is 0 Å². The third-order valence-electron chi connectivity index (χ3n) is 2.78. The third kappa shape index (κ3) is 3.07. The summed E-state index contributed by atoms with van der Waals surface area (Å²) >= 11 is 0. The lowest BCUT2D eigenvalue weighted by Gasteiger charge is -2.20. The third-order valence-corrected chi connectivity index (χ3v) is 2.78. The number of ether oxygens (including phenoxy) is 2. The van der Waals surface area contributed by atoms with Crippen LogP contribution >= 0.6 is 0 Å². The van der Waals surface area contributed by atoms with Crippen LogP contribution in [0.1, 0.15) is 18.4 Å². The second-order valence-electron chi connectivity index (χ2n) is 3.98. The Morgan fingerprint density at radius 1 is 1.25 bits per heavy atom. The van der Waals surface area contributed by atoms with Gasteiger partial charge in [-0.15, -0.1) is 0 Å². The van der Waals surface area contributed by atoms with Crippen molar-refractivity contribution in [1.29, 1.82) is 0 Å². The highest BCUT2D eigenvalue weighted by atomic mass is 16.5. The van der Waals surface area contributed by atoms with Crippen molar-refractivity contribution in [2.75, 3.05) is 13.2 Å². The number of carbonyl (C=O) groups excluding carboxylic acids is 1. The van der Waals surface area contributed by atoms with E-state index in [1.807, 2.05) is 30.3 Å². The molecule has 0 aromatic heterocycles. The summed E-state index contributed by atoms with van der Waals surface area (Å²) in [4.78, 5) is 11.7. The molecule has 0 spiro atoms. The van der Waals surface area contributed by atoms with Gasteiger partial charge >= 0.3 is 5.97 Å². The standard InChI is InChI=1S/C13H16O3/c14-13(12-6-8-15-9-7-12)16-10-11-4-2-1-3-5-11/h1-5,12H,6-10H2. The van der Waals surface area contributed by atoms with Crippen molar-refractivity contribution < 1.29 is 14.3 Å². The highest BCUT2D eigenvalue weighted by Crippen LogP contribution is 2.16. The summed E-state index contributed by atoms with van der Waals surface area (Å²) in [5.41, 5.74) is 1.03. The smallest absolute Gasteiger partial charge is 0.309 e. The molecule has 0 saturated carbocycles. The number of hydrogen-bond acceptors (Lipinski definition) is 3. The first-order chi connectivity index (χ1) is 7.86. The summed E-state index contributed by atoms with van der Waals surface area (Å²) in [6.45, 7) is 1.72. The number of benzene rings is 1. The second kappa shape index (κ2) is 5.66. The average molecular weight is 220 g/mol. The molecule has 1 aromatic carbocycles. The molecule has 16 heavy (non-hydrogen) atoms. The molecule has 0 bridgehead atoms. The van der Waals surface area contributed by atoms with Crippen LogP contribution in [0.4, 0.5) is 0 Å². The van der Waals surface area contributed by atoms with Gasteiger partial charge in [-0.25, -0.2) is 0 Å². The molecule has 2 rings (SSSR count). The largest absolute Gasteiger partial charge is 0.461 e. The zero-order valence-corrected chi connectivity index (χ0v) is 9.22. The Labute approximate surface area is 95.4 Å². The van der Waals surface area contributed by atoms with Crippen LogP contribution in [0.2, 0.25) is 0 Å². The van der Waals surface area contributed by atoms with Crippen LogP contribution < -0.4 is 0 Å². The zero-order valence-electron chi connectivity index (χ0n) is 9.22. The van der Waals surface area contributed by atoms with E-state index in [1.165, 1.54) is 0 Å². The molecule has 1 aliphatic heterocycles. The first-order valence-corrected chi connectivity index (χ1v) is 5.64. The van der Waals surface area contributed by atoms with E-state index < -0.39 is 0 Å². The van der Waals surface area contributed by atoms with Crippen LogP contribution in [0, 0.1) is 5.92 Å². The maximum Gasteiger partial charge on any atom is 0.309 e. The number of carbonyl (C=O) groups is 1. The van der Waals surface area contributed by atoms with Gasteiger partial charge in [0.05, 0.1) is 5.92 Å². The molecule has 1 aromatic rings. The lowest BCUT2D eigenvalue weighted by Crippen LogP contribution is -2.25. The zero-order chi connectivity index (χ0) is 11.2. The summed E-state index contributed by atoms with van der Waals surface area (Å²) in [6.07, 6.45) is 1.57. The normalized spacial score (nSPS) is 17.0. The van der Waals surface area contributed by atoms with Crippen LogP contribution in [-0.2, 0) is 20.9 Å². The Morgan fingerprint density at radius 3 is 2.62 bits per heavy atom. The average Bonchev–Trinajstić information content (AvgIpc) is 2.38. The van der Waals surface area contributed by atoms with E-state index in [4.69, 9.17) is 9.47 Å². The van der Waals surface area contributed by atoms with Gasteiger partial charge in [0.15, 0.2) is 0 Å². The molecule has 1 aliphatic rings. The topological polar surface area (TPSA) is 35.5 Å². The Bertz CT molecular complexity index is 328. The van der Waals surface area contributed by atoms with E-state index in [2.05, 4.69) is 0 Å². The molecule has 0 amide bonds. The van der Waals surface area contributed by atoms with Gasteiger partial charge < -0.3 is 9.47 Å². The first kappa shape index (κ1) is 11.1. The Hall–Kier alpha value is -1.35. The molecule has 1 saturated heterocycles. The highest BCUT2D eigenvalue weighted by molar-refractivity contribution is 5.72. The fourth-order valence-electron chi connectivity index (χ4n) is 1.78.